The Labute approximate surface area is 177 Å². The first-order valence-corrected chi connectivity index (χ1v) is 10.7. The van der Waals surface area contributed by atoms with Crippen LogP contribution in [0, 0.1) is 5.92 Å². The summed E-state index contributed by atoms with van der Waals surface area (Å²) in [5.74, 6) is 1.69. The summed E-state index contributed by atoms with van der Waals surface area (Å²) in [5.41, 5.74) is 2.17. The monoisotopic (exact) mass is 404 g/mol. The molecular formula is C26H28O4. The largest absolute Gasteiger partial charge is 0.507 e. The first-order chi connectivity index (χ1) is 14.6. The van der Waals surface area contributed by atoms with Gasteiger partial charge < -0.3 is 14.3 Å². The van der Waals surface area contributed by atoms with E-state index in [1.807, 2.05) is 54.6 Å². The summed E-state index contributed by atoms with van der Waals surface area (Å²) >= 11 is 0. The molecule has 0 saturated heterocycles. The number of hydrogen-bond donors (Lipinski definition) is 1. The molecule has 4 nitrogen and oxygen atoms in total. The van der Waals surface area contributed by atoms with Crippen molar-refractivity contribution in [2.45, 2.75) is 44.4 Å². The standard InChI is InChI=1S/C26H28O4/c1-3-18(15-17-9-13-21(29-2)14-10-17)23-16-22(27)25(26(28)30-23)24(20-11-12-20)19-7-5-4-6-8-19/h4-10,13-14,16,18,20,24,27H,3,11-12,15H2,1-2H3. The SMILES string of the molecule is CCC(Cc1ccc(OC)cc1)c1cc(O)c(C(c2ccccc2)C2CC2)c(=O)o1. The van der Waals surface area contributed by atoms with Crippen molar-refractivity contribution in [1.29, 1.82) is 0 Å². The number of benzene rings is 2. The van der Waals surface area contributed by atoms with Crippen LogP contribution in [-0.4, -0.2) is 12.2 Å². The van der Waals surface area contributed by atoms with Gasteiger partial charge in [0.05, 0.1) is 12.7 Å². The minimum absolute atomic E-state index is 0.0159. The maximum absolute atomic E-state index is 13.0. The summed E-state index contributed by atoms with van der Waals surface area (Å²) in [6, 6.07) is 19.5. The number of hydrogen-bond acceptors (Lipinski definition) is 4. The molecule has 1 heterocycles. The van der Waals surface area contributed by atoms with Crippen molar-refractivity contribution in [1.82, 2.24) is 0 Å². The zero-order valence-corrected chi connectivity index (χ0v) is 17.5. The highest BCUT2D eigenvalue weighted by molar-refractivity contribution is 5.42. The van der Waals surface area contributed by atoms with Gasteiger partial charge in [0, 0.05) is 17.9 Å². The van der Waals surface area contributed by atoms with Gasteiger partial charge in [0.1, 0.15) is 17.3 Å². The van der Waals surface area contributed by atoms with Crippen LogP contribution >= 0.6 is 0 Å². The number of ether oxygens (including phenoxy) is 1. The van der Waals surface area contributed by atoms with Gasteiger partial charge in [-0.25, -0.2) is 4.79 Å². The lowest BCUT2D eigenvalue weighted by Gasteiger charge is -2.19. The molecule has 0 amide bonds. The normalized spacial score (nSPS) is 15.5. The molecule has 1 saturated carbocycles. The zero-order valence-electron chi connectivity index (χ0n) is 17.5. The van der Waals surface area contributed by atoms with Crippen molar-refractivity contribution in [2.75, 3.05) is 7.11 Å². The van der Waals surface area contributed by atoms with E-state index in [1.54, 1.807) is 13.2 Å². The first kappa shape index (κ1) is 20.3. The summed E-state index contributed by atoms with van der Waals surface area (Å²) in [4.78, 5) is 13.0. The Morgan fingerprint density at radius 3 is 2.37 bits per heavy atom. The van der Waals surface area contributed by atoms with E-state index in [-0.39, 0.29) is 17.6 Å². The second-order valence-corrected chi connectivity index (χ2v) is 8.12. The molecule has 4 heteroatoms. The van der Waals surface area contributed by atoms with Crippen molar-refractivity contribution >= 4 is 0 Å². The van der Waals surface area contributed by atoms with Crippen LogP contribution in [0.3, 0.4) is 0 Å². The summed E-state index contributed by atoms with van der Waals surface area (Å²) < 4.78 is 11.0. The predicted molar refractivity (Wildman–Crippen MR) is 117 cm³/mol. The molecule has 0 radical (unpaired) electrons. The third kappa shape index (κ3) is 4.28. The van der Waals surface area contributed by atoms with Gasteiger partial charge in [-0.15, -0.1) is 0 Å². The lowest BCUT2D eigenvalue weighted by Crippen LogP contribution is -2.17. The number of methoxy groups -OCH3 is 1. The minimum atomic E-state index is -0.418. The van der Waals surface area contributed by atoms with Crippen LogP contribution < -0.4 is 10.4 Å². The highest BCUT2D eigenvalue weighted by atomic mass is 16.5. The topological polar surface area (TPSA) is 59.7 Å². The summed E-state index contributed by atoms with van der Waals surface area (Å²) in [6.45, 7) is 2.07. The van der Waals surface area contributed by atoms with Gasteiger partial charge in [0.2, 0.25) is 0 Å². The molecule has 0 spiro atoms. The van der Waals surface area contributed by atoms with Crippen LogP contribution in [0.15, 0.2) is 69.9 Å². The lowest BCUT2D eigenvalue weighted by molar-refractivity contribution is 0.379. The van der Waals surface area contributed by atoms with Crippen molar-refractivity contribution in [2.24, 2.45) is 5.92 Å². The Balaban J connectivity index is 1.64. The summed E-state index contributed by atoms with van der Waals surface area (Å²) in [7, 11) is 1.65. The fourth-order valence-corrected chi connectivity index (χ4v) is 4.25. The molecule has 1 aliphatic carbocycles. The van der Waals surface area contributed by atoms with E-state index in [0.717, 1.165) is 42.6 Å². The van der Waals surface area contributed by atoms with E-state index in [0.29, 0.717) is 17.2 Å². The van der Waals surface area contributed by atoms with Crippen LogP contribution in [0.4, 0.5) is 0 Å². The number of aromatic hydroxyl groups is 1. The van der Waals surface area contributed by atoms with E-state index in [2.05, 4.69) is 6.92 Å². The van der Waals surface area contributed by atoms with Crippen molar-refractivity contribution in [3.63, 3.8) is 0 Å². The third-order valence-corrected chi connectivity index (χ3v) is 6.08. The summed E-state index contributed by atoms with van der Waals surface area (Å²) in [6.07, 6.45) is 3.66. The molecule has 30 heavy (non-hydrogen) atoms. The average Bonchev–Trinajstić information content (AvgIpc) is 3.60. The molecule has 2 unspecified atom stereocenters. The lowest BCUT2D eigenvalue weighted by atomic mass is 9.87. The van der Waals surface area contributed by atoms with Gasteiger partial charge in [-0.1, -0.05) is 49.4 Å². The van der Waals surface area contributed by atoms with Gasteiger partial charge in [-0.2, -0.15) is 0 Å². The highest BCUT2D eigenvalue weighted by Crippen LogP contribution is 2.47. The Hall–Kier alpha value is -3.01. The Morgan fingerprint density at radius 1 is 1.10 bits per heavy atom. The molecule has 1 aromatic heterocycles. The van der Waals surface area contributed by atoms with Gasteiger partial charge in [0.25, 0.3) is 0 Å². The van der Waals surface area contributed by atoms with E-state index in [9.17, 15) is 9.90 Å². The third-order valence-electron chi connectivity index (χ3n) is 6.08. The smallest absolute Gasteiger partial charge is 0.343 e. The minimum Gasteiger partial charge on any atom is -0.507 e. The maximum atomic E-state index is 13.0. The van der Waals surface area contributed by atoms with Crippen molar-refractivity contribution < 1.29 is 14.3 Å². The quantitative estimate of drug-likeness (QED) is 0.528. The molecule has 1 aliphatic rings. The molecule has 156 valence electrons. The van der Waals surface area contributed by atoms with E-state index < -0.39 is 5.63 Å². The molecular weight excluding hydrogens is 376 g/mol. The van der Waals surface area contributed by atoms with Crippen molar-refractivity contribution in [3.8, 4) is 11.5 Å². The maximum Gasteiger partial charge on any atom is 0.343 e. The zero-order chi connectivity index (χ0) is 21.1. The Bertz CT molecular complexity index is 1030. The fourth-order valence-electron chi connectivity index (χ4n) is 4.25. The van der Waals surface area contributed by atoms with Gasteiger partial charge in [-0.3, -0.25) is 0 Å². The molecule has 0 bridgehead atoms. The van der Waals surface area contributed by atoms with Gasteiger partial charge in [0.15, 0.2) is 0 Å². The summed E-state index contributed by atoms with van der Waals surface area (Å²) in [5, 5.41) is 10.9. The predicted octanol–water partition coefficient (Wildman–Crippen LogP) is 5.63. The van der Waals surface area contributed by atoms with Crippen LogP contribution in [-0.2, 0) is 6.42 Å². The highest BCUT2D eigenvalue weighted by Gasteiger charge is 2.37. The fraction of sp³-hybridized carbons (Fsp3) is 0.346. The number of rotatable bonds is 8. The van der Waals surface area contributed by atoms with E-state index >= 15 is 0 Å². The van der Waals surface area contributed by atoms with Gasteiger partial charge in [-0.05, 0) is 54.9 Å². The van der Waals surface area contributed by atoms with E-state index in [4.69, 9.17) is 9.15 Å². The van der Waals surface area contributed by atoms with Crippen LogP contribution in [0.1, 0.15) is 60.5 Å². The molecule has 1 fully saturated rings. The molecule has 2 aromatic carbocycles. The molecule has 3 aromatic rings. The van der Waals surface area contributed by atoms with Crippen LogP contribution in [0.5, 0.6) is 11.5 Å². The van der Waals surface area contributed by atoms with Crippen LogP contribution in [0.2, 0.25) is 0 Å². The van der Waals surface area contributed by atoms with Crippen molar-refractivity contribution in [3.05, 3.63) is 93.5 Å². The Morgan fingerprint density at radius 2 is 1.80 bits per heavy atom. The first-order valence-electron chi connectivity index (χ1n) is 10.7. The molecule has 2 atom stereocenters. The Kier molecular flexibility index (Phi) is 5.93. The van der Waals surface area contributed by atoms with E-state index in [1.165, 1.54) is 0 Å². The van der Waals surface area contributed by atoms with Gasteiger partial charge >= 0.3 is 5.63 Å². The molecule has 0 aliphatic heterocycles. The van der Waals surface area contributed by atoms with Crippen LogP contribution in [0.25, 0.3) is 0 Å². The second kappa shape index (κ2) is 8.78. The molecule has 4 rings (SSSR count). The average molecular weight is 405 g/mol. The molecule has 1 N–H and O–H groups in total. The second-order valence-electron chi connectivity index (χ2n) is 8.12.